The highest BCUT2D eigenvalue weighted by atomic mass is 32.1. The van der Waals surface area contributed by atoms with Crippen LogP contribution in [0, 0.1) is 12.7 Å². The number of aromatic nitrogens is 1. The zero-order valence-electron chi connectivity index (χ0n) is 14.4. The predicted octanol–water partition coefficient (Wildman–Crippen LogP) is 3.49. The van der Waals surface area contributed by atoms with Gasteiger partial charge < -0.3 is 15.0 Å². The first-order valence-corrected chi connectivity index (χ1v) is 9.20. The fraction of sp³-hybridized carbons (Fsp3) is 0.500. The van der Waals surface area contributed by atoms with Crippen LogP contribution < -0.4 is 10.2 Å². The number of hydrogen-bond donors (Lipinski definition) is 1. The van der Waals surface area contributed by atoms with Crippen LogP contribution in [0.3, 0.4) is 0 Å². The number of hydrogen-bond acceptors (Lipinski definition) is 5. The van der Waals surface area contributed by atoms with Crippen molar-refractivity contribution < 1.29 is 9.13 Å². The Morgan fingerprint density at radius 1 is 1.29 bits per heavy atom. The molecule has 1 N–H and O–H groups in total. The molecular weight excluding hydrogens is 325 g/mol. The van der Waals surface area contributed by atoms with Crippen molar-refractivity contribution in [3.63, 3.8) is 0 Å². The van der Waals surface area contributed by atoms with Gasteiger partial charge in [-0.1, -0.05) is 6.07 Å². The topological polar surface area (TPSA) is 37.4 Å². The number of anilines is 1. The molecule has 1 aliphatic heterocycles. The molecule has 2 atom stereocenters. The molecule has 0 amide bonds. The van der Waals surface area contributed by atoms with E-state index in [4.69, 9.17) is 4.74 Å². The van der Waals surface area contributed by atoms with Crippen molar-refractivity contribution in [2.24, 2.45) is 0 Å². The zero-order valence-corrected chi connectivity index (χ0v) is 15.2. The number of thiazole rings is 1. The fourth-order valence-corrected chi connectivity index (χ4v) is 3.73. The predicted molar refractivity (Wildman–Crippen MR) is 96.0 cm³/mol. The Bertz CT molecular complexity index is 681. The first-order valence-electron chi connectivity index (χ1n) is 8.32. The Kier molecular flexibility index (Phi) is 5.48. The minimum Gasteiger partial charge on any atom is -0.372 e. The summed E-state index contributed by atoms with van der Waals surface area (Å²) >= 11 is 1.64. The van der Waals surface area contributed by atoms with Gasteiger partial charge in [0, 0.05) is 31.6 Å². The molecule has 0 bridgehead atoms. The van der Waals surface area contributed by atoms with Crippen molar-refractivity contribution in [1.82, 2.24) is 10.3 Å². The summed E-state index contributed by atoms with van der Waals surface area (Å²) in [6, 6.07) is 5.49. The molecule has 1 aromatic heterocycles. The van der Waals surface area contributed by atoms with E-state index in [1.165, 1.54) is 0 Å². The molecule has 0 spiro atoms. The largest absolute Gasteiger partial charge is 0.372 e. The second-order valence-corrected chi connectivity index (χ2v) is 7.47. The first kappa shape index (κ1) is 17.3. The number of nitrogens with one attached hydrogen (secondary N) is 1. The molecule has 4 nitrogen and oxygen atoms in total. The lowest BCUT2D eigenvalue weighted by Gasteiger charge is -2.37. The summed E-state index contributed by atoms with van der Waals surface area (Å²) in [6.07, 6.45) is 0.243. The Morgan fingerprint density at radius 3 is 2.67 bits per heavy atom. The van der Waals surface area contributed by atoms with Gasteiger partial charge in [-0.25, -0.2) is 9.37 Å². The van der Waals surface area contributed by atoms with E-state index >= 15 is 0 Å². The minimum absolute atomic E-state index is 0.121. The van der Waals surface area contributed by atoms with E-state index in [1.807, 2.05) is 38.3 Å². The van der Waals surface area contributed by atoms with E-state index in [0.29, 0.717) is 18.8 Å². The third-order valence-corrected chi connectivity index (χ3v) is 4.90. The Hall–Kier alpha value is -1.50. The van der Waals surface area contributed by atoms with Crippen molar-refractivity contribution >= 4 is 17.0 Å². The molecular formula is C18H24FN3OS. The van der Waals surface area contributed by atoms with Crippen LogP contribution >= 0.6 is 11.3 Å². The highest BCUT2D eigenvalue weighted by Crippen LogP contribution is 2.24. The van der Waals surface area contributed by atoms with Gasteiger partial charge in [-0.15, -0.1) is 11.3 Å². The van der Waals surface area contributed by atoms with Crippen molar-refractivity contribution in [1.29, 1.82) is 0 Å². The number of halogens is 1. The SMILES string of the molecule is Cc1nc(CNCc2ccc(N3CC(C)OC(C)C3)c(F)c2)cs1. The molecule has 2 aromatic rings. The van der Waals surface area contributed by atoms with Crippen LogP contribution in [0.4, 0.5) is 10.1 Å². The smallest absolute Gasteiger partial charge is 0.146 e. The maximum absolute atomic E-state index is 14.5. The van der Waals surface area contributed by atoms with Gasteiger partial charge in [-0.3, -0.25) is 0 Å². The van der Waals surface area contributed by atoms with Gasteiger partial charge in [-0.2, -0.15) is 0 Å². The van der Waals surface area contributed by atoms with Gasteiger partial charge in [0.1, 0.15) is 5.82 Å². The first-order chi connectivity index (χ1) is 11.5. The molecule has 0 radical (unpaired) electrons. The normalized spacial score (nSPS) is 21.2. The van der Waals surface area contributed by atoms with Crippen LogP contribution in [-0.4, -0.2) is 30.3 Å². The fourth-order valence-electron chi connectivity index (χ4n) is 3.12. The quantitative estimate of drug-likeness (QED) is 0.897. The summed E-state index contributed by atoms with van der Waals surface area (Å²) in [5, 5.41) is 6.43. The van der Waals surface area contributed by atoms with E-state index in [0.717, 1.165) is 29.4 Å². The van der Waals surface area contributed by atoms with Crippen molar-refractivity contribution in [3.8, 4) is 0 Å². The van der Waals surface area contributed by atoms with Gasteiger partial charge in [0.2, 0.25) is 0 Å². The summed E-state index contributed by atoms with van der Waals surface area (Å²) < 4.78 is 20.2. The summed E-state index contributed by atoms with van der Waals surface area (Å²) in [4.78, 5) is 6.49. The lowest BCUT2D eigenvalue weighted by atomic mass is 10.1. The highest BCUT2D eigenvalue weighted by molar-refractivity contribution is 7.09. The maximum atomic E-state index is 14.5. The van der Waals surface area contributed by atoms with Gasteiger partial charge in [0.05, 0.1) is 28.6 Å². The maximum Gasteiger partial charge on any atom is 0.146 e. The van der Waals surface area contributed by atoms with E-state index in [-0.39, 0.29) is 18.0 Å². The Morgan fingerprint density at radius 2 is 2.04 bits per heavy atom. The van der Waals surface area contributed by atoms with E-state index in [9.17, 15) is 4.39 Å². The molecule has 0 saturated carbocycles. The molecule has 6 heteroatoms. The molecule has 130 valence electrons. The van der Waals surface area contributed by atoms with Crippen LogP contribution in [0.15, 0.2) is 23.6 Å². The summed E-state index contributed by atoms with van der Waals surface area (Å²) in [7, 11) is 0. The number of rotatable bonds is 5. The zero-order chi connectivity index (χ0) is 17.1. The standard InChI is InChI=1S/C18H24FN3OS/c1-12-9-22(10-13(2)23-12)18-5-4-15(6-17(18)19)7-20-8-16-11-24-14(3)21-16/h4-6,11-13,20H,7-10H2,1-3H3. The second kappa shape index (κ2) is 7.59. The highest BCUT2D eigenvalue weighted by Gasteiger charge is 2.24. The third-order valence-electron chi connectivity index (χ3n) is 4.07. The Balaban J connectivity index is 1.59. The van der Waals surface area contributed by atoms with Crippen LogP contribution in [0.5, 0.6) is 0 Å². The van der Waals surface area contributed by atoms with Gasteiger partial charge in [-0.05, 0) is 38.5 Å². The Labute approximate surface area is 146 Å². The van der Waals surface area contributed by atoms with Crippen LogP contribution in [0.1, 0.15) is 30.1 Å². The second-order valence-electron chi connectivity index (χ2n) is 6.41. The molecule has 3 rings (SSSR count). The number of aryl methyl sites for hydroxylation is 1. The van der Waals surface area contributed by atoms with Gasteiger partial charge in [0.25, 0.3) is 0 Å². The van der Waals surface area contributed by atoms with Crippen molar-refractivity contribution in [3.05, 3.63) is 45.7 Å². The van der Waals surface area contributed by atoms with E-state index in [1.54, 1.807) is 17.4 Å². The molecule has 1 fully saturated rings. The van der Waals surface area contributed by atoms with Crippen LogP contribution in [-0.2, 0) is 17.8 Å². The van der Waals surface area contributed by atoms with Gasteiger partial charge >= 0.3 is 0 Å². The lowest BCUT2D eigenvalue weighted by Crippen LogP contribution is -2.45. The van der Waals surface area contributed by atoms with Crippen LogP contribution in [0.25, 0.3) is 0 Å². The molecule has 1 aliphatic rings. The molecule has 2 unspecified atom stereocenters. The van der Waals surface area contributed by atoms with Crippen molar-refractivity contribution in [2.75, 3.05) is 18.0 Å². The minimum atomic E-state index is -0.167. The molecule has 1 saturated heterocycles. The number of morpholine rings is 1. The van der Waals surface area contributed by atoms with Crippen LogP contribution in [0.2, 0.25) is 0 Å². The molecule has 0 aliphatic carbocycles. The van der Waals surface area contributed by atoms with E-state index < -0.39 is 0 Å². The number of benzene rings is 1. The molecule has 24 heavy (non-hydrogen) atoms. The summed E-state index contributed by atoms with van der Waals surface area (Å²) in [5.74, 6) is -0.167. The molecule has 1 aromatic carbocycles. The average molecular weight is 349 g/mol. The number of nitrogens with zero attached hydrogens (tertiary/aromatic N) is 2. The summed E-state index contributed by atoms with van der Waals surface area (Å²) in [5.41, 5.74) is 2.64. The molecule has 2 heterocycles. The lowest BCUT2D eigenvalue weighted by molar-refractivity contribution is -0.00539. The summed E-state index contributed by atoms with van der Waals surface area (Å²) in [6.45, 7) is 8.83. The monoisotopic (exact) mass is 349 g/mol. The average Bonchev–Trinajstić information content (AvgIpc) is 2.92. The van der Waals surface area contributed by atoms with Gasteiger partial charge in [0.15, 0.2) is 0 Å². The van der Waals surface area contributed by atoms with E-state index in [2.05, 4.69) is 15.2 Å². The third kappa shape index (κ3) is 4.32. The number of ether oxygens (including phenoxy) is 1. The van der Waals surface area contributed by atoms with Crippen molar-refractivity contribution in [2.45, 2.75) is 46.1 Å².